The van der Waals surface area contributed by atoms with E-state index in [9.17, 15) is 14.3 Å². The molecule has 0 amide bonds. The lowest BCUT2D eigenvalue weighted by molar-refractivity contribution is -0.255. The Kier molecular flexibility index (Phi) is 4.68. The topological polar surface area (TPSA) is 58.6 Å². The highest BCUT2D eigenvalue weighted by Gasteiger charge is 2.54. The Balaban J connectivity index is 1.47. The minimum absolute atomic E-state index is 0.0273. The number of carbonyl (C=O) groups is 1. The number of aromatic carboxylic acids is 1. The van der Waals surface area contributed by atoms with Crippen LogP contribution in [0.15, 0.2) is 18.2 Å². The van der Waals surface area contributed by atoms with E-state index in [4.69, 9.17) is 9.47 Å². The van der Waals surface area contributed by atoms with Gasteiger partial charge in [-0.3, -0.25) is 0 Å². The van der Waals surface area contributed by atoms with Gasteiger partial charge in [0.05, 0.1) is 12.1 Å². The molecule has 6 atom stereocenters. The van der Waals surface area contributed by atoms with Crippen molar-refractivity contribution in [1.82, 2.24) is 0 Å². The predicted octanol–water partition coefficient (Wildman–Crippen LogP) is 3.39. The van der Waals surface area contributed by atoms with E-state index in [2.05, 4.69) is 0 Å². The molecule has 6 unspecified atom stereocenters. The van der Waals surface area contributed by atoms with Crippen molar-refractivity contribution >= 4 is 5.97 Å². The van der Waals surface area contributed by atoms with Gasteiger partial charge in [-0.05, 0) is 67.6 Å². The zero-order valence-electron chi connectivity index (χ0n) is 15.3. The van der Waals surface area contributed by atoms with Crippen molar-refractivity contribution in [2.75, 3.05) is 0 Å². The molecule has 142 valence electrons. The van der Waals surface area contributed by atoms with Crippen LogP contribution in [0.2, 0.25) is 0 Å². The fourth-order valence-corrected chi connectivity index (χ4v) is 5.50. The third-order valence-electron chi connectivity index (χ3n) is 6.63. The highest BCUT2D eigenvalue weighted by Crippen LogP contribution is 2.59. The number of fused-ring (bicyclic) bond motifs is 5. The maximum Gasteiger partial charge on any atom is 0.202 e. The quantitative estimate of drug-likeness (QED) is 0.729. The summed E-state index contributed by atoms with van der Waals surface area (Å²) in [6.45, 7) is 3.94. The number of halogens is 1. The van der Waals surface area contributed by atoms with Crippen LogP contribution in [0, 0.1) is 35.4 Å². The third-order valence-corrected chi connectivity index (χ3v) is 6.63. The lowest BCUT2D eigenvalue weighted by atomic mass is 9.80. The van der Waals surface area contributed by atoms with Crippen LogP contribution < -0.4 is 9.84 Å². The largest absolute Gasteiger partial charge is 0.545 e. The van der Waals surface area contributed by atoms with Gasteiger partial charge in [-0.2, -0.15) is 0 Å². The number of benzene rings is 1. The third kappa shape index (κ3) is 3.11. The normalized spacial score (nSPS) is 33.5. The molecule has 0 aromatic heterocycles. The van der Waals surface area contributed by atoms with Gasteiger partial charge in [-0.25, -0.2) is 4.39 Å². The number of rotatable bonds is 6. The monoisotopic (exact) mass is 361 g/mol. The van der Waals surface area contributed by atoms with Crippen LogP contribution in [-0.2, 0) is 4.74 Å². The smallest absolute Gasteiger partial charge is 0.202 e. The first-order valence-electron chi connectivity index (χ1n) is 9.77. The minimum Gasteiger partial charge on any atom is -0.545 e. The van der Waals surface area contributed by atoms with E-state index in [1.54, 1.807) is 0 Å². The van der Waals surface area contributed by atoms with Crippen molar-refractivity contribution < 1.29 is 23.8 Å². The predicted molar refractivity (Wildman–Crippen MR) is 91.9 cm³/mol. The Labute approximate surface area is 153 Å². The zero-order valence-corrected chi connectivity index (χ0v) is 15.3. The number of carboxylic acids is 1. The standard InChI is InChI=1S/C21H27FO4/c1-11(2)21(26-19-9-12(20(23)24)6-7-17(19)22)25-18-10-13-8-16(18)15-5-3-4-14(13)15/h6-7,9,11,13-16,18,21H,3-5,8,10H2,1-2H3,(H,23,24)/p-1. The Hall–Kier alpha value is -1.62. The van der Waals surface area contributed by atoms with E-state index in [1.165, 1.54) is 37.8 Å². The molecule has 4 nitrogen and oxygen atoms in total. The van der Waals surface area contributed by atoms with Gasteiger partial charge in [-0.1, -0.05) is 20.3 Å². The number of hydrogen-bond donors (Lipinski definition) is 0. The molecule has 0 saturated heterocycles. The summed E-state index contributed by atoms with van der Waals surface area (Å²) >= 11 is 0. The molecule has 26 heavy (non-hydrogen) atoms. The van der Waals surface area contributed by atoms with Gasteiger partial charge in [-0.15, -0.1) is 0 Å². The summed E-state index contributed by atoms with van der Waals surface area (Å²) in [6, 6.07) is 3.45. The van der Waals surface area contributed by atoms with Gasteiger partial charge in [0.25, 0.3) is 0 Å². The van der Waals surface area contributed by atoms with Crippen molar-refractivity contribution in [2.24, 2.45) is 29.6 Å². The van der Waals surface area contributed by atoms with E-state index in [0.717, 1.165) is 30.2 Å². The van der Waals surface area contributed by atoms with Crippen LogP contribution >= 0.6 is 0 Å². The minimum atomic E-state index is -1.35. The van der Waals surface area contributed by atoms with Crippen LogP contribution in [0.25, 0.3) is 0 Å². The Morgan fingerprint density at radius 3 is 2.69 bits per heavy atom. The van der Waals surface area contributed by atoms with Gasteiger partial charge in [0.15, 0.2) is 11.6 Å². The Morgan fingerprint density at radius 1 is 1.19 bits per heavy atom. The number of carboxylic acid groups (broad SMARTS) is 1. The summed E-state index contributed by atoms with van der Waals surface area (Å²) in [4.78, 5) is 11.0. The number of carbonyl (C=O) groups excluding carboxylic acids is 1. The summed E-state index contributed by atoms with van der Waals surface area (Å²) in [6.07, 6.45) is 5.90. The first-order chi connectivity index (χ1) is 12.4. The molecule has 0 radical (unpaired) electrons. The van der Waals surface area contributed by atoms with Crippen LogP contribution in [0.5, 0.6) is 5.75 Å². The molecule has 4 rings (SSSR count). The molecule has 1 aromatic carbocycles. The van der Waals surface area contributed by atoms with Gasteiger partial charge in [0, 0.05) is 11.5 Å². The van der Waals surface area contributed by atoms with Crippen molar-refractivity contribution in [3.8, 4) is 5.75 Å². The second kappa shape index (κ2) is 6.84. The van der Waals surface area contributed by atoms with Crippen LogP contribution in [-0.4, -0.2) is 18.4 Å². The lowest BCUT2D eigenvalue weighted by Crippen LogP contribution is -2.37. The second-order valence-corrected chi connectivity index (χ2v) is 8.49. The van der Waals surface area contributed by atoms with E-state index in [-0.39, 0.29) is 23.3 Å². The highest BCUT2D eigenvalue weighted by molar-refractivity contribution is 5.86. The Morgan fingerprint density at radius 2 is 1.96 bits per heavy atom. The van der Waals surface area contributed by atoms with Crippen LogP contribution in [0.4, 0.5) is 4.39 Å². The second-order valence-electron chi connectivity index (χ2n) is 8.49. The Bertz CT molecular complexity index is 689. The van der Waals surface area contributed by atoms with Crippen molar-refractivity contribution in [2.45, 2.75) is 58.3 Å². The molecule has 0 spiro atoms. The molecule has 5 heteroatoms. The summed E-state index contributed by atoms with van der Waals surface area (Å²) in [7, 11) is 0. The highest BCUT2D eigenvalue weighted by atomic mass is 19.1. The summed E-state index contributed by atoms with van der Waals surface area (Å²) in [5, 5.41) is 11.0. The average molecular weight is 361 g/mol. The zero-order chi connectivity index (χ0) is 18.4. The van der Waals surface area contributed by atoms with Crippen LogP contribution in [0.3, 0.4) is 0 Å². The molecule has 3 fully saturated rings. The van der Waals surface area contributed by atoms with Gasteiger partial charge in [0.2, 0.25) is 6.29 Å². The van der Waals surface area contributed by atoms with E-state index >= 15 is 0 Å². The van der Waals surface area contributed by atoms with E-state index < -0.39 is 18.1 Å². The fourth-order valence-electron chi connectivity index (χ4n) is 5.50. The van der Waals surface area contributed by atoms with Crippen molar-refractivity contribution in [3.05, 3.63) is 29.6 Å². The fraction of sp³-hybridized carbons (Fsp3) is 0.667. The maximum atomic E-state index is 14.1. The maximum absolute atomic E-state index is 14.1. The van der Waals surface area contributed by atoms with Gasteiger partial charge >= 0.3 is 0 Å². The molecule has 2 bridgehead atoms. The molecule has 0 aliphatic heterocycles. The summed E-state index contributed by atoms with van der Waals surface area (Å²) in [5.41, 5.74) is -0.0994. The summed E-state index contributed by atoms with van der Waals surface area (Å²) < 4.78 is 26.2. The molecular weight excluding hydrogens is 335 g/mol. The lowest BCUT2D eigenvalue weighted by Gasteiger charge is -2.35. The first kappa shape index (κ1) is 17.8. The molecule has 1 aromatic rings. The molecule has 3 aliphatic carbocycles. The number of ether oxygens (including phenoxy) is 2. The molecule has 3 aliphatic rings. The van der Waals surface area contributed by atoms with Crippen LogP contribution in [0.1, 0.15) is 56.3 Å². The molecular formula is C21H26FO4-. The van der Waals surface area contributed by atoms with E-state index in [1.807, 2.05) is 13.8 Å². The van der Waals surface area contributed by atoms with Gasteiger partial charge < -0.3 is 19.4 Å². The average Bonchev–Trinajstić information content (AvgIpc) is 3.28. The molecule has 0 N–H and O–H groups in total. The molecule has 0 heterocycles. The number of hydrogen-bond acceptors (Lipinski definition) is 4. The van der Waals surface area contributed by atoms with Gasteiger partial charge in [0.1, 0.15) is 0 Å². The SMILES string of the molecule is CC(C)C(Oc1cc(C(=O)[O-])ccc1F)OC1CC2CC1C1CCCC21. The molecule has 3 saturated carbocycles. The van der Waals surface area contributed by atoms with Crippen molar-refractivity contribution in [3.63, 3.8) is 0 Å². The van der Waals surface area contributed by atoms with Crippen molar-refractivity contribution in [1.29, 1.82) is 0 Å². The van der Waals surface area contributed by atoms with E-state index in [0.29, 0.717) is 5.92 Å². The summed E-state index contributed by atoms with van der Waals surface area (Å²) in [5.74, 6) is 1.03. The first-order valence-corrected chi connectivity index (χ1v) is 9.77.